The molecule has 2 aliphatic rings. The van der Waals surface area contributed by atoms with Crippen LogP contribution in [-0.2, 0) is 46.7 Å². The number of nitrogens with one attached hydrogen (secondary N) is 2. The molecule has 0 bridgehead atoms. The van der Waals surface area contributed by atoms with E-state index in [4.69, 9.17) is 22.8 Å². The second-order valence-electron chi connectivity index (χ2n) is 14.3. The Bertz CT molecular complexity index is 2720. The number of unbranched alkanes of at least 4 members (excludes halogenated alkanes) is 3. The van der Waals surface area contributed by atoms with Crippen LogP contribution in [-0.4, -0.2) is 70.1 Å². The lowest BCUT2D eigenvalue weighted by Gasteiger charge is -2.07. The predicted molar refractivity (Wildman–Crippen MR) is 220 cm³/mol. The van der Waals surface area contributed by atoms with Crippen LogP contribution < -0.4 is 10.6 Å². The quantitative estimate of drug-likeness (QED) is 0.0858. The molecule has 2 aromatic carbocycles. The molecule has 2 amide bonds. The second kappa shape index (κ2) is 17.3. The molecule has 2 aliphatic carbocycles. The number of thiophene rings is 2. The Balaban J connectivity index is 0.00000122. The van der Waals surface area contributed by atoms with Gasteiger partial charge in [0.1, 0.15) is 4.21 Å². The first-order valence-corrected chi connectivity index (χ1v) is 22.7. The zero-order chi connectivity index (χ0) is 41.1. The third-order valence-corrected chi connectivity index (χ3v) is 13.5. The van der Waals surface area contributed by atoms with Gasteiger partial charge in [-0.25, -0.2) is 0 Å². The zero-order valence-corrected chi connectivity index (χ0v) is 34.9. The molecule has 0 spiro atoms. The maximum atomic E-state index is 13.4. The molecule has 0 saturated heterocycles. The molecule has 0 aliphatic heterocycles. The Labute approximate surface area is 344 Å². The number of fused-ring (bicyclic) bond motifs is 6. The third kappa shape index (κ3) is 9.05. The molecule has 4 heterocycles. The van der Waals surface area contributed by atoms with Gasteiger partial charge in [0.25, 0.3) is 11.8 Å². The summed E-state index contributed by atoms with van der Waals surface area (Å²) in [6.45, 7) is 6.13. The van der Waals surface area contributed by atoms with Crippen molar-refractivity contribution in [3.63, 3.8) is 0 Å². The van der Waals surface area contributed by atoms with Crippen molar-refractivity contribution in [1.82, 2.24) is 30.2 Å². The fraction of sp³-hybridized carbons (Fsp3) is 0.300. The smallest absolute Gasteiger partial charge is 0.351 e. The first-order valence-electron chi connectivity index (χ1n) is 18.6. The largest absolute Gasteiger partial charge is 0.425 e. The highest BCUT2D eigenvalue weighted by Crippen LogP contribution is 2.45. The summed E-state index contributed by atoms with van der Waals surface area (Å²) in [5, 5.41) is 17.7. The predicted octanol–water partition coefficient (Wildman–Crippen LogP) is 6.02. The monoisotopic (exact) mass is 860 g/mol. The molecule has 0 unspecified atom stereocenters. The lowest BCUT2D eigenvalue weighted by atomic mass is 10.1. The molecule has 14 nitrogen and oxygen atoms in total. The summed E-state index contributed by atoms with van der Waals surface area (Å²) in [6, 6.07) is 20.1. The van der Waals surface area contributed by atoms with Crippen LogP contribution in [0.15, 0.2) is 70.3 Å². The Kier molecular flexibility index (Phi) is 12.2. The number of aromatic nitrogens is 4. The summed E-state index contributed by atoms with van der Waals surface area (Å²) in [6.07, 6.45) is 4.44. The van der Waals surface area contributed by atoms with Crippen LogP contribution in [0.3, 0.4) is 0 Å². The van der Waals surface area contributed by atoms with Crippen molar-refractivity contribution in [2.75, 3.05) is 13.1 Å². The SMILES string of the molecule is Cc1ccc(Cn2nc(C(=O)NCCCCCCNC(=O)c3nn(Cc4ccc(C)cc4)c4c3Cc3cc(S(=O)(=O)O)sc3-4)c3c2-c2sccc2C3)cc1.O=S(=O)=O. The molecule has 6 aromatic rings. The van der Waals surface area contributed by atoms with Crippen LogP contribution >= 0.6 is 22.7 Å². The Hall–Kier alpha value is -5.27. The highest BCUT2D eigenvalue weighted by Gasteiger charge is 2.34. The number of aryl methyl sites for hydroxylation is 2. The van der Waals surface area contributed by atoms with E-state index >= 15 is 0 Å². The standard InChI is InChI=1S/C40H40N6O5S3.O3S/c1-24-7-11-26(12-8-24)22-45-35-30(19-28-15-18-52-37(28)35)33(43-45)39(47)41-16-5-3-4-6-17-42-40(48)34-31-20-29-21-32(54(49,50)51)53-38(29)36(31)46(44-34)23-27-13-9-25(2)10-14-27;1-4(2)3/h7-15,18,21H,3-6,16-17,19-20,22-23H2,1-2H3,(H,41,47)(H,42,48)(H,49,50,51);. The van der Waals surface area contributed by atoms with Gasteiger partial charge in [-0.2, -0.15) is 18.6 Å². The third-order valence-electron chi connectivity index (χ3n) is 10.1. The normalized spacial score (nSPS) is 12.3. The number of amides is 2. The summed E-state index contributed by atoms with van der Waals surface area (Å²) >= 11 is 2.69. The fourth-order valence-corrected chi connectivity index (χ4v) is 10.2. The summed E-state index contributed by atoms with van der Waals surface area (Å²) in [7, 11) is -7.46. The molecule has 0 radical (unpaired) electrons. The summed E-state index contributed by atoms with van der Waals surface area (Å²) in [5.74, 6) is -0.413. The zero-order valence-electron chi connectivity index (χ0n) is 31.6. The van der Waals surface area contributed by atoms with E-state index in [1.807, 2.05) is 35.9 Å². The minimum atomic E-state index is -4.34. The number of hydrogen-bond acceptors (Lipinski definition) is 11. The van der Waals surface area contributed by atoms with Crippen molar-refractivity contribution in [2.24, 2.45) is 0 Å². The van der Waals surface area contributed by atoms with Gasteiger partial charge in [0, 0.05) is 37.1 Å². The lowest BCUT2D eigenvalue weighted by molar-refractivity contribution is 0.0936. The van der Waals surface area contributed by atoms with Crippen LogP contribution in [0.25, 0.3) is 21.1 Å². The van der Waals surface area contributed by atoms with Crippen molar-refractivity contribution in [2.45, 2.75) is 69.7 Å². The van der Waals surface area contributed by atoms with Crippen molar-refractivity contribution < 1.29 is 35.2 Å². The summed E-state index contributed by atoms with van der Waals surface area (Å²) < 4.78 is 62.4. The highest BCUT2D eigenvalue weighted by atomic mass is 32.3. The molecule has 8 rings (SSSR count). The highest BCUT2D eigenvalue weighted by molar-refractivity contribution is 7.88. The van der Waals surface area contributed by atoms with Crippen molar-refractivity contribution >= 4 is 55.2 Å². The Morgan fingerprint density at radius 1 is 0.724 bits per heavy atom. The van der Waals surface area contributed by atoms with Crippen LogP contribution in [0.4, 0.5) is 0 Å². The second-order valence-corrected chi connectivity index (χ2v) is 18.3. The van der Waals surface area contributed by atoms with Gasteiger partial charge < -0.3 is 10.6 Å². The minimum absolute atomic E-state index is 0.114. The summed E-state index contributed by atoms with van der Waals surface area (Å²) in [4.78, 5) is 28.7. The van der Waals surface area contributed by atoms with Crippen LogP contribution in [0.1, 0.15) is 91.2 Å². The number of carbonyl (C=O) groups excluding carboxylic acids is 2. The van der Waals surface area contributed by atoms with E-state index in [-0.39, 0.29) is 16.0 Å². The van der Waals surface area contributed by atoms with E-state index in [0.717, 1.165) is 88.2 Å². The van der Waals surface area contributed by atoms with Gasteiger partial charge in [-0.15, -0.1) is 35.3 Å². The maximum Gasteiger partial charge on any atom is 0.425 e. The number of rotatable bonds is 14. The van der Waals surface area contributed by atoms with E-state index in [9.17, 15) is 22.6 Å². The van der Waals surface area contributed by atoms with Crippen molar-refractivity contribution in [3.05, 3.63) is 122 Å². The van der Waals surface area contributed by atoms with Gasteiger partial charge >= 0.3 is 20.7 Å². The Morgan fingerprint density at radius 3 is 1.67 bits per heavy atom. The molecule has 0 fully saturated rings. The number of hydrogen-bond donors (Lipinski definition) is 3. The summed E-state index contributed by atoms with van der Waals surface area (Å²) in [5.41, 5.74) is 10.9. The van der Waals surface area contributed by atoms with Crippen molar-refractivity contribution in [3.8, 4) is 21.1 Å². The first kappa shape index (κ1) is 40.9. The van der Waals surface area contributed by atoms with Gasteiger partial charge in [0.15, 0.2) is 11.4 Å². The first-order chi connectivity index (χ1) is 27.8. The molecule has 58 heavy (non-hydrogen) atoms. The van der Waals surface area contributed by atoms with E-state index in [1.165, 1.54) is 22.1 Å². The fourth-order valence-electron chi connectivity index (χ4n) is 7.27. The van der Waals surface area contributed by atoms with Crippen molar-refractivity contribution in [1.29, 1.82) is 0 Å². The van der Waals surface area contributed by atoms with E-state index in [0.29, 0.717) is 48.9 Å². The molecular weight excluding hydrogens is 821 g/mol. The van der Waals surface area contributed by atoms with Gasteiger partial charge in [0.2, 0.25) is 0 Å². The van der Waals surface area contributed by atoms with E-state index < -0.39 is 20.7 Å². The van der Waals surface area contributed by atoms with Crippen LogP contribution in [0.2, 0.25) is 0 Å². The molecule has 0 saturated carbocycles. The number of nitrogens with zero attached hydrogens (tertiary/aromatic N) is 4. The van der Waals surface area contributed by atoms with Gasteiger partial charge in [-0.1, -0.05) is 72.5 Å². The average Bonchev–Trinajstić information content (AvgIpc) is 4.01. The Morgan fingerprint density at radius 2 is 1.19 bits per heavy atom. The molecule has 0 atom stereocenters. The molecular formula is C40H40N6O8S4. The molecule has 302 valence electrons. The number of carbonyl (C=O) groups is 2. The molecule has 18 heteroatoms. The van der Waals surface area contributed by atoms with Gasteiger partial charge in [0.05, 0.1) is 34.2 Å². The minimum Gasteiger partial charge on any atom is -0.351 e. The average molecular weight is 861 g/mol. The maximum absolute atomic E-state index is 13.4. The molecule has 3 N–H and O–H groups in total. The topological polar surface area (TPSA) is 199 Å². The lowest BCUT2D eigenvalue weighted by Crippen LogP contribution is -2.26. The van der Waals surface area contributed by atoms with E-state index in [2.05, 4.69) is 53.3 Å². The van der Waals surface area contributed by atoms with Crippen LogP contribution in [0, 0.1) is 13.8 Å². The number of benzene rings is 2. The van der Waals surface area contributed by atoms with Gasteiger partial charge in [-0.3, -0.25) is 23.5 Å². The molecule has 4 aromatic heterocycles. The van der Waals surface area contributed by atoms with Crippen LogP contribution in [0.5, 0.6) is 0 Å². The van der Waals surface area contributed by atoms with Gasteiger partial charge in [-0.05, 0) is 66.5 Å². The van der Waals surface area contributed by atoms with E-state index in [1.54, 1.807) is 16.0 Å².